The number of carboxylic acid groups (broad SMARTS) is 1. The molecule has 2 unspecified atom stereocenters. The normalized spacial score (nSPS) is 23.7. The van der Waals surface area contributed by atoms with E-state index in [1.54, 1.807) is 0 Å². The highest BCUT2D eigenvalue weighted by molar-refractivity contribution is 5.85. The Morgan fingerprint density at radius 3 is 2.83 bits per heavy atom. The molecule has 1 N–H and O–H groups in total. The van der Waals surface area contributed by atoms with Gasteiger partial charge in [-0.05, 0) is 24.8 Å². The number of aromatic nitrogens is 2. The van der Waals surface area contributed by atoms with Crippen molar-refractivity contribution in [3.05, 3.63) is 18.0 Å². The van der Waals surface area contributed by atoms with Gasteiger partial charge in [-0.1, -0.05) is 19.8 Å². The summed E-state index contributed by atoms with van der Waals surface area (Å²) in [4.78, 5) is 21.2. The van der Waals surface area contributed by atoms with E-state index in [-0.39, 0.29) is 5.69 Å². The van der Waals surface area contributed by atoms with Crippen LogP contribution in [0.3, 0.4) is 0 Å². The van der Waals surface area contributed by atoms with E-state index in [0.717, 1.165) is 6.42 Å². The van der Waals surface area contributed by atoms with Gasteiger partial charge in [0.2, 0.25) is 5.95 Å². The zero-order valence-electron chi connectivity index (χ0n) is 10.8. The number of rotatable bonds is 3. The molecule has 0 saturated heterocycles. The van der Waals surface area contributed by atoms with E-state index >= 15 is 0 Å². The van der Waals surface area contributed by atoms with E-state index < -0.39 is 5.97 Å². The Morgan fingerprint density at radius 2 is 2.17 bits per heavy atom. The van der Waals surface area contributed by atoms with E-state index in [4.69, 9.17) is 5.11 Å². The summed E-state index contributed by atoms with van der Waals surface area (Å²) < 4.78 is 0. The fourth-order valence-electron chi connectivity index (χ4n) is 2.66. The van der Waals surface area contributed by atoms with Gasteiger partial charge in [0, 0.05) is 19.3 Å². The van der Waals surface area contributed by atoms with Crippen LogP contribution in [0.5, 0.6) is 0 Å². The highest BCUT2D eigenvalue weighted by Gasteiger charge is 2.26. The summed E-state index contributed by atoms with van der Waals surface area (Å²) in [6.07, 6.45) is 6.35. The van der Waals surface area contributed by atoms with E-state index in [2.05, 4.69) is 16.9 Å². The number of anilines is 1. The summed E-state index contributed by atoms with van der Waals surface area (Å²) in [5.41, 5.74) is 0.0512. The van der Waals surface area contributed by atoms with Gasteiger partial charge in [-0.25, -0.2) is 14.8 Å². The number of carboxylic acids is 1. The number of nitrogens with zero attached hydrogens (tertiary/aromatic N) is 3. The molecule has 2 atom stereocenters. The van der Waals surface area contributed by atoms with Gasteiger partial charge in [-0.2, -0.15) is 0 Å². The second-order valence-corrected chi connectivity index (χ2v) is 4.99. The van der Waals surface area contributed by atoms with Crippen LogP contribution in [0.2, 0.25) is 0 Å². The second-order valence-electron chi connectivity index (χ2n) is 4.99. The maximum atomic E-state index is 10.9. The topological polar surface area (TPSA) is 66.3 Å². The average Bonchev–Trinajstić information content (AvgIpc) is 2.38. The van der Waals surface area contributed by atoms with Crippen molar-refractivity contribution in [2.24, 2.45) is 5.92 Å². The monoisotopic (exact) mass is 249 g/mol. The van der Waals surface area contributed by atoms with Crippen LogP contribution >= 0.6 is 0 Å². The molecule has 1 saturated carbocycles. The van der Waals surface area contributed by atoms with Crippen molar-refractivity contribution in [2.45, 2.75) is 38.6 Å². The van der Waals surface area contributed by atoms with Crippen molar-refractivity contribution < 1.29 is 9.90 Å². The van der Waals surface area contributed by atoms with Crippen LogP contribution in [0.25, 0.3) is 0 Å². The largest absolute Gasteiger partial charge is 0.477 e. The van der Waals surface area contributed by atoms with Crippen molar-refractivity contribution in [1.82, 2.24) is 9.97 Å². The Hall–Kier alpha value is -1.65. The minimum atomic E-state index is -1.01. The highest BCUT2D eigenvalue weighted by atomic mass is 16.4. The lowest BCUT2D eigenvalue weighted by molar-refractivity contribution is 0.0690. The maximum Gasteiger partial charge on any atom is 0.354 e. The van der Waals surface area contributed by atoms with Gasteiger partial charge in [0.05, 0.1) is 0 Å². The van der Waals surface area contributed by atoms with Crippen LogP contribution < -0.4 is 4.90 Å². The molecule has 1 aromatic heterocycles. The molecule has 1 heterocycles. The lowest BCUT2D eigenvalue weighted by Crippen LogP contribution is -2.40. The molecule has 0 aliphatic heterocycles. The summed E-state index contributed by atoms with van der Waals surface area (Å²) in [6, 6.07) is 1.83. The summed E-state index contributed by atoms with van der Waals surface area (Å²) in [5, 5.41) is 8.94. The molecule has 0 aromatic carbocycles. The molecule has 0 radical (unpaired) electrons. The Morgan fingerprint density at radius 1 is 1.44 bits per heavy atom. The van der Waals surface area contributed by atoms with Crippen LogP contribution in [0.15, 0.2) is 12.3 Å². The van der Waals surface area contributed by atoms with Crippen LogP contribution in [0.1, 0.15) is 43.1 Å². The summed E-state index contributed by atoms with van der Waals surface area (Å²) >= 11 is 0. The molecule has 0 spiro atoms. The van der Waals surface area contributed by atoms with Crippen molar-refractivity contribution in [2.75, 3.05) is 11.9 Å². The van der Waals surface area contributed by atoms with E-state index in [1.165, 1.54) is 31.5 Å². The van der Waals surface area contributed by atoms with Gasteiger partial charge in [-0.3, -0.25) is 0 Å². The molecule has 2 rings (SSSR count). The zero-order valence-corrected chi connectivity index (χ0v) is 10.8. The third kappa shape index (κ3) is 2.60. The average molecular weight is 249 g/mol. The quantitative estimate of drug-likeness (QED) is 0.889. The fourth-order valence-corrected chi connectivity index (χ4v) is 2.66. The van der Waals surface area contributed by atoms with Gasteiger partial charge in [-0.15, -0.1) is 0 Å². The Kier molecular flexibility index (Phi) is 3.79. The van der Waals surface area contributed by atoms with Crippen molar-refractivity contribution in [1.29, 1.82) is 0 Å². The summed E-state index contributed by atoms with van der Waals surface area (Å²) in [6.45, 7) is 2.24. The Balaban J connectivity index is 2.19. The second kappa shape index (κ2) is 5.33. The van der Waals surface area contributed by atoms with Gasteiger partial charge < -0.3 is 10.0 Å². The van der Waals surface area contributed by atoms with Crippen LogP contribution in [0.4, 0.5) is 5.95 Å². The van der Waals surface area contributed by atoms with Crippen molar-refractivity contribution >= 4 is 11.9 Å². The SMILES string of the molecule is CC1CCCCC1N(C)c1nccc(C(=O)O)n1. The number of carbonyl (C=O) groups is 1. The third-order valence-electron chi connectivity index (χ3n) is 3.74. The molecular formula is C13H19N3O2. The Labute approximate surface area is 107 Å². The van der Waals surface area contributed by atoms with E-state index in [0.29, 0.717) is 17.9 Å². The van der Waals surface area contributed by atoms with E-state index in [1.807, 2.05) is 11.9 Å². The molecular weight excluding hydrogens is 230 g/mol. The smallest absolute Gasteiger partial charge is 0.354 e. The predicted octanol–water partition coefficient (Wildman–Crippen LogP) is 2.19. The van der Waals surface area contributed by atoms with Gasteiger partial charge in [0.15, 0.2) is 5.69 Å². The number of hydrogen-bond acceptors (Lipinski definition) is 4. The summed E-state index contributed by atoms with van der Waals surface area (Å²) in [7, 11) is 1.95. The van der Waals surface area contributed by atoms with Gasteiger partial charge in [0.25, 0.3) is 0 Å². The number of hydrogen-bond donors (Lipinski definition) is 1. The predicted molar refractivity (Wildman–Crippen MR) is 68.8 cm³/mol. The zero-order chi connectivity index (χ0) is 13.1. The van der Waals surface area contributed by atoms with Crippen LogP contribution in [-0.4, -0.2) is 34.1 Å². The number of aromatic carboxylic acids is 1. The van der Waals surface area contributed by atoms with Gasteiger partial charge >= 0.3 is 5.97 Å². The third-order valence-corrected chi connectivity index (χ3v) is 3.74. The molecule has 1 aliphatic carbocycles. The van der Waals surface area contributed by atoms with Crippen molar-refractivity contribution in [3.63, 3.8) is 0 Å². The lowest BCUT2D eigenvalue weighted by Gasteiger charge is -2.36. The molecule has 0 amide bonds. The van der Waals surface area contributed by atoms with E-state index in [9.17, 15) is 4.79 Å². The molecule has 18 heavy (non-hydrogen) atoms. The lowest BCUT2D eigenvalue weighted by atomic mass is 9.85. The molecule has 5 heteroatoms. The first kappa shape index (κ1) is 12.8. The van der Waals surface area contributed by atoms with Crippen LogP contribution in [0, 0.1) is 5.92 Å². The molecule has 1 aromatic rings. The van der Waals surface area contributed by atoms with Crippen molar-refractivity contribution in [3.8, 4) is 0 Å². The first-order valence-electron chi connectivity index (χ1n) is 6.38. The molecule has 1 aliphatic rings. The maximum absolute atomic E-state index is 10.9. The first-order valence-corrected chi connectivity index (χ1v) is 6.38. The van der Waals surface area contributed by atoms with Gasteiger partial charge in [0.1, 0.15) is 0 Å². The first-order chi connectivity index (χ1) is 8.59. The minimum absolute atomic E-state index is 0.0512. The molecule has 5 nitrogen and oxygen atoms in total. The standard InChI is InChI=1S/C13H19N3O2/c1-9-5-3-4-6-11(9)16(2)13-14-8-7-10(15-13)12(17)18/h7-9,11H,3-6H2,1-2H3,(H,17,18). The van der Waals surface area contributed by atoms with Crippen LogP contribution in [-0.2, 0) is 0 Å². The highest BCUT2D eigenvalue weighted by Crippen LogP contribution is 2.28. The Bertz CT molecular complexity index is 436. The molecule has 98 valence electrons. The fraction of sp³-hybridized carbons (Fsp3) is 0.615. The molecule has 1 fully saturated rings. The summed E-state index contributed by atoms with van der Waals surface area (Å²) in [5.74, 6) is 0.0956. The molecule has 0 bridgehead atoms. The minimum Gasteiger partial charge on any atom is -0.477 e.